The maximum atomic E-state index is 11.5. The fourth-order valence-electron chi connectivity index (χ4n) is 2.02. The quantitative estimate of drug-likeness (QED) is 0.761. The second-order valence-corrected chi connectivity index (χ2v) is 4.24. The third-order valence-electron chi connectivity index (χ3n) is 3.05. The Labute approximate surface area is 101 Å². The van der Waals surface area contributed by atoms with Crippen molar-refractivity contribution in [3.05, 3.63) is 18.1 Å². The van der Waals surface area contributed by atoms with Gasteiger partial charge >= 0.3 is 0 Å². The summed E-state index contributed by atoms with van der Waals surface area (Å²) in [7, 11) is 0. The molecule has 2 rings (SSSR count). The number of amides is 1. The second kappa shape index (κ2) is 5.12. The van der Waals surface area contributed by atoms with Crippen LogP contribution in [0, 0.1) is 6.92 Å². The SMILES string of the molecule is CCC(=O)N1CCN(c2cc(C)ncn2)CC1. The lowest BCUT2D eigenvalue weighted by Crippen LogP contribution is -2.48. The first kappa shape index (κ1) is 11.8. The Morgan fingerprint density at radius 3 is 2.59 bits per heavy atom. The molecule has 0 atom stereocenters. The summed E-state index contributed by atoms with van der Waals surface area (Å²) in [6.07, 6.45) is 2.18. The molecule has 1 aromatic heterocycles. The number of nitrogens with zero attached hydrogens (tertiary/aromatic N) is 4. The van der Waals surface area contributed by atoms with E-state index in [1.807, 2.05) is 24.8 Å². The van der Waals surface area contributed by atoms with Crippen LogP contribution >= 0.6 is 0 Å². The highest BCUT2D eigenvalue weighted by atomic mass is 16.2. The molecule has 0 radical (unpaired) electrons. The van der Waals surface area contributed by atoms with Crippen LogP contribution in [-0.2, 0) is 4.79 Å². The Kier molecular flexibility index (Phi) is 3.56. The van der Waals surface area contributed by atoms with Crippen LogP contribution in [0.2, 0.25) is 0 Å². The Morgan fingerprint density at radius 2 is 2.00 bits per heavy atom. The van der Waals surface area contributed by atoms with Crippen molar-refractivity contribution in [2.45, 2.75) is 20.3 Å². The van der Waals surface area contributed by atoms with Gasteiger partial charge in [0.1, 0.15) is 12.1 Å². The average Bonchev–Trinajstić information content (AvgIpc) is 2.38. The molecule has 17 heavy (non-hydrogen) atoms. The topological polar surface area (TPSA) is 49.3 Å². The minimum Gasteiger partial charge on any atom is -0.353 e. The number of aryl methyl sites for hydroxylation is 1. The molecule has 1 aliphatic heterocycles. The van der Waals surface area contributed by atoms with Gasteiger partial charge in [-0.05, 0) is 6.92 Å². The predicted octanol–water partition coefficient (Wildman–Crippen LogP) is 0.844. The van der Waals surface area contributed by atoms with E-state index in [1.54, 1.807) is 6.33 Å². The Bertz CT molecular complexity index is 399. The summed E-state index contributed by atoms with van der Waals surface area (Å²) in [6.45, 7) is 7.14. The van der Waals surface area contributed by atoms with Gasteiger partial charge in [0, 0.05) is 44.4 Å². The van der Waals surface area contributed by atoms with Gasteiger partial charge in [-0.15, -0.1) is 0 Å². The van der Waals surface area contributed by atoms with Crippen LogP contribution in [0.3, 0.4) is 0 Å². The molecule has 1 fully saturated rings. The molecular weight excluding hydrogens is 216 g/mol. The minimum absolute atomic E-state index is 0.239. The molecule has 0 aromatic carbocycles. The lowest BCUT2D eigenvalue weighted by Gasteiger charge is -2.35. The van der Waals surface area contributed by atoms with Crippen LogP contribution in [0.15, 0.2) is 12.4 Å². The van der Waals surface area contributed by atoms with Crippen LogP contribution in [0.4, 0.5) is 5.82 Å². The number of aromatic nitrogens is 2. The Morgan fingerprint density at radius 1 is 1.29 bits per heavy atom. The molecule has 1 saturated heterocycles. The summed E-state index contributed by atoms with van der Waals surface area (Å²) in [6, 6.07) is 1.98. The lowest BCUT2D eigenvalue weighted by molar-refractivity contribution is -0.131. The van der Waals surface area contributed by atoms with Gasteiger partial charge < -0.3 is 9.80 Å². The number of hydrogen-bond acceptors (Lipinski definition) is 4. The first-order chi connectivity index (χ1) is 8.20. The second-order valence-electron chi connectivity index (χ2n) is 4.24. The summed E-state index contributed by atoms with van der Waals surface area (Å²) in [5.74, 6) is 1.20. The first-order valence-corrected chi connectivity index (χ1v) is 6.02. The third-order valence-corrected chi connectivity index (χ3v) is 3.05. The van der Waals surface area contributed by atoms with Crippen molar-refractivity contribution in [2.75, 3.05) is 31.1 Å². The molecule has 1 aliphatic rings. The molecule has 2 heterocycles. The molecule has 0 spiro atoms. The lowest BCUT2D eigenvalue weighted by atomic mass is 10.2. The Hall–Kier alpha value is -1.65. The van der Waals surface area contributed by atoms with E-state index in [0.29, 0.717) is 6.42 Å². The van der Waals surface area contributed by atoms with Crippen molar-refractivity contribution in [3.63, 3.8) is 0 Å². The highest BCUT2D eigenvalue weighted by molar-refractivity contribution is 5.76. The fourth-order valence-corrected chi connectivity index (χ4v) is 2.02. The maximum Gasteiger partial charge on any atom is 0.222 e. The van der Waals surface area contributed by atoms with Crippen molar-refractivity contribution in [1.82, 2.24) is 14.9 Å². The zero-order valence-electron chi connectivity index (χ0n) is 10.4. The van der Waals surface area contributed by atoms with Crippen LogP contribution in [0.25, 0.3) is 0 Å². The Balaban J connectivity index is 1.97. The zero-order chi connectivity index (χ0) is 12.3. The molecule has 0 unspecified atom stereocenters. The van der Waals surface area contributed by atoms with Gasteiger partial charge in [0.15, 0.2) is 0 Å². The summed E-state index contributed by atoms with van der Waals surface area (Å²) >= 11 is 0. The number of piperazine rings is 1. The van der Waals surface area contributed by atoms with Crippen LogP contribution in [0.1, 0.15) is 19.0 Å². The monoisotopic (exact) mass is 234 g/mol. The molecule has 5 heteroatoms. The van der Waals surface area contributed by atoms with E-state index >= 15 is 0 Å². The molecule has 0 bridgehead atoms. The van der Waals surface area contributed by atoms with Gasteiger partial charge in [0.05, 0.1) is 0 Å². The zero-order valence-corrected chi connectivity index (χ0v) is 10.4. The van der Waals surface area contributed by atoms with Gasteiger partial charge in [0.2, 0.25) is 5.91 Å². The van der Waals surface area contributed by atoms with Gasteiger partial charge in [-0.1, -0.05) is 6.92 Å². The van der Waals surface area contributed by atoms with Crippen molar-refractivity contribution < 1.29 is 4.79 Å². The van der Waals surface area contributed by atoms with E-state index in [0.717, 1.165) is 37.7 Å². The van der Waals surface area contributed by atoms with Crippen LogP contribution in [0.5, 0.6) is 0 Å². The largest absolute Gasteiger partial charge is 0.353 e. The molecule has 5 nitrogen and oxygen atoms in total. The highest BCUT2D eigenvalue weighted by Crippen LogP contribution is 2.13. The van der Waals surface area contributed by atoms with Crippen molar-refractivity contribution >= 4 is 11.7 Å². The number of carbonyl (C=O) groups is 1. The van der Waals surface area contributed by atoms with Gasteiger partial charge in [-0.25, -0.2) is 9.97 Å². The fraction of sp³-hybridized carbons (Fsp3) is 0.583. The standard InChI is InChI=1S/C12H18N4O/c1-3-12(17)16-6-4-15(5-7-16)11-8-10(2)13-9-14-11/h8-9H,3-7H2,1-2H3. The molecule has 92 valence electrons. The molecule has 1 aromatic rings. The average molecular weight is 234 g/mol. The van der Waals surface area contributed by atoms with Crippen molar-refractivity contribution in [2.24, 2.45) is 0 Å². The summed E-state index contributed by atoms with van der Waals surface area (Å²) in [4.78, 5) is 24.0. The van der Waals surface area contributed by atoms with Gasteiger partial charge in [0.25, 0.3) is 0 Å². The number of rotatable bonds is 2. The van der Waals surface area contributed by atoms with E-state index in [-0.39, 0.29) is 5.91 Å². The summed E-state index contributed by atoms with van der Waals surface area (Å²) in [5.41, 5.74) is 0.974. The van der Waals surface area contributed by atoms with Gasteiger partial charge in [-0.2, -0.15) is 0 Å². The van der Waals surface area contributed by atoms with Crippen molar-refractivity contribution in [1.29, 1.82) is 0 Å². The molecule has 0 aliphatic carbocycles. The van der Waals surface area contributed by atoms with E-state index in [2.05, 4.69) is 14.9 Å². The number of carbonyl (C=O) groups excluding carboxylic acids is 1. The number of hydrogen-bond donors (Lipinski definition) is 0. The van der Waals surface area contributed by atoms with Gasteiger partial charge in [-0.3, -0.25) is 4.79 Å². The normalized spacial score (nSPS) is 16.1. The van der Waals surface area contributed by atoms with Crippen LogP contribution in [-0.4, -0.2) is 47.0 Å². The minimum atomic E-state index is 0.239. The van der Waals surface area contributed by atoms with E-state index in [4.69, 9.17) is 0 Å². The molecule has 0 N–H and O–H groups in total. The van der Waals surface area contributed by atoms with E-state index < -0.39 is 0 Å². The third kappa shape index (κ3) is 2.72. The molecule has 0 saturated carbocycles. The predicted molar refractivity (Wildman–Crippen MR) is 65.9 cm³/mol. The maximum absolute atomic E-state index is 11.5. The van der Waals surface area contributed by atoms with Crippen molar-refractivity contribution in [3.8, 4) is 0 Å². The molecular formula is C12H18N4O. The van der Waals surface area contributed by atoms with E-state index in [1.165, 1.54) is 0 Å². The summed E-state index contributed by atoms with van der Waals surface area (Å²) < 4.78 is 0. The van der Waals surface area contributed by atoms with Crippen LogP contribution < -0.4 is 4.90 Å². The summed E-state index contributed by atoms with van der Waals surface area (Å²) in [5, 5.41) is 0. The first-order valence-electron chi connectivity index (χ1n) is 6.02. The smallest absolute Gasteiger partial charge is 0.222 e. The van der Waals surface area contributed by atoms with E-state index in [9.17, 15) is 4.79 Å². The highest BCUT2D eigenvalue weighted by Gasteiger charge is 2.20. The number of anilines is 1. The molecule has 1 amide bonds.